The van der Waals surface area contributed by atoms with Crippen molar-refractivity contribution in [2.24, 2.45) is 0 Å². The first kappa shape index (κ1) is 22.4. The number of hydrogen-bond donors (Lipinski definition) is 0. The third-order valence-corrected chi connectivity index (χ3v) is 8.69. The van der Waals surface area contributed by atoms with E-state index in [2.05, 4.69) is 66.7 Å². The van der Waals surface area contributed by atoms with Crippen molar-refractivity contribution in [3.05, 3.63) is 176 Å². The number of hydrogen-bond acceptors (Lipinski definition) is 2. The van der Waals surface area contributed by atoms with Gasteiger partial charge in [-0.15, -0.1) is 0 Å². The van der Waals surface area contributed by atoms with Crippen LogP contribution in [0, 0.1) is 0 Å². The Hall–Kier alpha value is -6.12. The first-order chi connectivity index (χ1) is 24.5. The summed E-state index contributed by atoms with van der Waals surface area (Å²) in [5, 5.41) is 6.08. The summed E-state index contributed by atoms with van der Waals surface area (Å²) < 4.78 is 43.8. The molecule has 216 valence electrons. The van der Waals surface area contributed by atoms with Gasteiger partial charge in [0, 0.05) is 22.1 Å². The number of benzene rings is 8. The fourth-order valence-corrected chi connectivity index (χ4v) is 6.47. The van der Waals surface area contributed by atoms with Gasteiger partial charge in [-0.25, -0.2) is 0 Å². The zero-order valence-corrected chi connectivity index (χ0v) is 24.8. The molecule has 8 aromatic carbocycles. The minimum absolute atomic E-state index is 0.0990. The van der Waals surface area contributed by atoms with Crippen molar-refractivity contribution >= 4 is 60.5 Å². The maximum Gasteiger partial charge on any atom is 0.143 e. The molecule has 0 fully saturated rings. The van der Waals surface area contributed by atoms with Crippen LogP contribution in [0.25, 0.3) is 65.7 Å². The van der Waals surface area contributed by atoms with Crippen LogP contribution >= 0.6 is 0 Å². The highest BCUT2D eigenvalue weighted by atomic mass is 16.3. The number of furan rings is 1. The minimum atomic E-state index is -0.129. The van der Waals surface area contributed by atoms with Crippen molar-refractivity contribution in [2.75, 3.05) is 4.90 Å². The lowest BCUT2D eigenvalue weighted by Crippen LogP contribution is -2.10. The molecule has 0 aliphatic carbocycles. The number of nitrogens with zero attached hydrogens (tertiary/aromatic N) is 1. The van der Waals surface area contributed by atoms with Crippen LogP contribution in [0.1, 0.15) is 5.48 Å². The van der Waals surface area contributed by atoms with Crippen LogP contribution in [0.2, 0.25) is 0 Å². The third-order valence-electron chi connectivity index (χ3n) is 8.69. The second-order valence-corrected chi connectivity index (χ2v) is 11.5. The quantitative estimate of drug-likeness (QED) is 0.198. The molecule has 2 nitrogen and oxygen atoms in total. The lowest BCUT2D eigenvalue weighted by molar-refractivity contribution is 0.672. The average molecular weight is 592 g/mol. The van der Waals surface area contributed by atoms with Crippen molar-refractivity contribution in [3.63, 3.8) is 0 Å². The molecule has 1 heterocycles. The fourth-order valence-electron chi connectivity index (χ4n) is 6.47. The molecular weight excluding hydrogens is 558 g/mol. The predicted octanol–water partition coefficient (Wildman–Crippen LogP) is 12.7. The summed E-state index contributed by atoms with van der Waals surface area (Å²) in [5.41, 5.74) is 5.89. The monoisotopic (exact) mass is 591 g/mol. The predicted molar refractivity (Wildman–Crippen MR) is 194 cm³/mol. The summed E-state index contributed by atoms with van der Waals surface area (Å²) in [6.07, 6.45) is 0. The van der Waals surface area contributed by atoms with Gasteiger partial charge in [-0.05, 0) is 86.9 Å². The van der Waals surface area contributed by atoms with Crippen molar-refractivity contribution in [1.29, 1.82) is 0 Å². The van der Waals surface area contributed by atoms with Gasteiger partial charge in [0.2, 0.25) is 0 Å². The molecule has 46 heavy (non-hydrogen) atoms. The summed E-state index contributed by atoms with van der Waals surface area (Å²) >= 11 is 0. The Morgan fingerprint density at radius 2 is 1.13 bits per heavy atom. The molecule has 0 atom stereocenters. The molecule has 0 bridgehead atoms. The van der Waals surface area contributed by atoms with Gasteiger partial charge in [-0.1, -0.05) is 127 Å². The highest BCUT2D eigenvalue weighted by Gasteiger charge is 2.21. The van der Waals surface area contributed by atoms with Gasteiger partial charge in [-0.2, -0.15) is 0 Å². The van der Waals surface area contributed by atoms with Crippen LogP contribution in [0.15, 0.2) is 180 Å². The Morgan fingerprint density at radius 1 is 0.435 bits per heavy atom. The van der Waals surface area contributed by atoms with Crippen molar-refractivity contribution < 1.29 is 9.90 Å². The standard InChI is InChI=1S/C44H29NO/c1-2-10-30(11-3-1)32-22-25-37(26-23-32)45(38-16-8-15-35(29-38)36-21-20-31-12-4-5-14-34(31)28-36)41-18-9-19-42-43(41)40-27-24-33-13-6-7-17-39(33)44(40)46-42/h1-29H/i22D,23D,25D,26D. The lowest BCUT2D eigenvalue weighted by atomic mass is 10.00. The van der Waals surface area contributed by atoms with Gasteiger partial charge in [0.1, 0.15) is 11.2 Å². The molecule has 0 saturated heterocycles. The second-order valence-electron chi connectivity index (χ2n) is 11.5. The Balaban J connectivity index is 1.34. The first-order valence-electron chi connectivity index (χ1n) is 17.4. The van der Waals surface area contributed by atoms with Gasteiger partial charge in [-0.3, -0.25) is 0 Å². The Bertz CT molecular complexity index is 2740. The van der Waals surface area contributed by atoms with E-state index in [-0.39, 0.29) is 35.4 Å². The molecule has 0 N–H and O–H groups in total. The molecule has 2 heteroatoms. The topological polar surface area (TPSA) is 16.4 Å². The van der Waals surface area contributed by atoms with E-state index in [1.807, 2.05) is 89.8 Å². The molecule has 0 spiro atoms. The van der Waals surface area contributed by atoms with E-state index in [4.69, 9.17) is 4.42 Å². The fraction of sp³-hybridized carbons (Fsp3) is 0. The van der Waals surface area contributed by atoms with Crippen molar-refractivity contribution in [1.82, 2.24) is 0 Å². The van der Waals surface area contributed by atoms with Crippen LogP contribution in [-0.2, 0) is 0 Å². The zero-order valence-electron chi connectivity index (χ0n) is 28.8. The maximum atomic E-state index is 9.45. The number of anilines is 3. The van der Waals surface area contributed by atoms with E-state index in [1.54, 1.807) is 0 Å². The van der Waals surface area contributed by atoms with Crippen LogP contribution in [0.5, 0.6) is 0 Å². The van der Waals surface area contributed by atoms with Gasteiger partial charge >= 0.3 is 0 Å². The number of fused-ring (bicyclic) bond motifs is 6. The zero-order chi connectivity index (χ0) is 33.9. The van der Waals surface area contributed by atoms with E-state index in [9.17, 15) is 5.48 Å². The smallest absolute Gasteiger partial charge is 0.143 e. The highest BCUT2D eigenvalue weighted by Crippen LogP contribution is 2.45. The summed E-state index contributed by atoms with van der Waals surface area (Å²) in [6, 6.07) is 49.5. The largest absolute Gasteiger partial charge is 0.455 e. The van der Waals surface area contributed by atoms with E-state index < -0.39 is 0 Å². The number of rotatable bonds is 5. The van der Waals surface area contributed by atoms with Gasteiger partial charge in [0.05, 0.1) is 16.6 Å². The van der Waals surface area contributed by atoms with Gasteiger partial charge < -0.3 is 9.32 Å². The molecular formula is C44H29NO. The third kappa shape index (κ3) is 4.43. The summed E-state index contributed by atoms with van der Waals surface area (Å²) in [6.45, 7) is 0. The highest BCUT2D eigenvalue weighted by molar-refractivity contribution is 6.19. The van der Waals surface area contributed by atoms with Crippen LogP contribution in [-0.4, -0.2) is 0 Å². The molecule has 0 amide bonds. The average Bonchev–Trinajstić information content (AvgIpc) is 3.56. The normalized spacial score (nSPS) is 12.7. The van der Waals surface area contributed by atoms with E-state index in [0.717, 1.165) is 49.0 Å². The molecule has 9 rings (SSSR count). The molecule has 0 radical (unpaired) electrons. The maximum absolute atomic E-state index is 9.45. The SMILES string of the molecule is [2H]c1c([2H])c(N(c2cccc(-c3ccc4ccccc4c3)c2)c2cccc3oc4c5ccccc5ccc4c23)c([2H])c([2H])c1-c1ccccc1. The second kappa shape index (κ2) is 10.8. The van der Waals surface area contributed by atoms with E-state index in [1.165, 1.54) is 0 Å². The molecule has 0 aliphatic heterocycles. The van der Waals surface area contributed by atoms with Crippen LogP contribution in [0.4, 0.5) is 17.1 Å². The Kier molecular flexibility index (Phi) is 5.26. The van der Waals surface area contributed by atoms with Crippen LogP contribution in [0.3, 0.4) is 0 Å². The lowest BCUT2D eigenvalue weighted by Gasteiger charge is -2.27. The molecule has 0 saturated carbocycles. The Morgan fingerprint density at radius 3 is 2.00 bits per heavy atom. The molecule has 9 aromatic rings. The van der Waals surface area contributed by atoms with Crippen molar-refractivity contribution in [2.45, 2.75) is 0 Å². The summed E-state index contributed by atoms with van der Waals surface area (Å²) in [5.74, 6) is 0. The molecule has 0 unspecified atom stereocenters. The molecule has 1 aromatic heterocycles. The molecule has 0 aliphatic rings. The van der Waals surface area contributed by atoms with Crippen molar-refractivity contribution in [3.8, 4) is 22.3 Å². The van der Waals surface area contributed by atoms with Crippen LogP contribution < -0.4 is 4.90 Å². The summed E-state index contributed by atoms with van der Waals surface area (Å²) in [4.78, 5) is 1.87. The Labute approximate surface area is 273 Å². The first-order valence-corrected chi connectivity index (χ1v) is 15.4. The summed E-state index contributed by atoms with van der Waals surface area (Å²) in [7, 11) is 0. The minimum Gasteiger partial charge on any atom is -0.455 e. The van der Waals surface area contributed by atoms with E-state index in [0.29, 0.717) is 22.5 Å². The van der Waals surface area contributed by atoms with E-state index >= 15 is 0 Å². The van der Waals surface area contributed by atoms with Gasteiger partial charge in [0.15, 0.2) is 0 Å². The van der Waals surface area contributed by atoms with Gasteiger partial charge in [0.25, 0.3) is 0 Å².